The maximum Gasteiger partial charge on any atom is 0.339 e. The van der Waals surface area contributed by atoms with Gasteiger partial charge in [-0.3, -0.25) is 0 Å². The lowest BCUT2D eigenvalue weighted by Crippen LogP contribution is -2.09. The van der Waals surface area contributed by atoms with Crippen molar-refractivity contribution in [1.29, 1.82) is 0 Å². The SMILES string of the molecule is COCCCCCCCOc1cc(=O)oc2cc(N(C)C)ccc12. The van der Waals surface area contributed by atoms with E-state index in [-0.39, 0.29) is 5.63 Å². The summed E-state index contributed by atoms with van der Waals surface area (Å²) in [6.45, 7) is 1.44. The van der Waals surface area contributed by atoms with Crippen molar-refractivity contribution in [3.05, 3.63) is 34.7 Å². The van der Waals surface area contributed by atoms with Crippen LogP contribution in [0.25, 0.3) is 11.0 Å². The molecule has 0 aliphatic carbocycles. The zero-order valence-electron chi connectivity index (χ0n) is 14.8. The average molecular weight is 333 g/mol. The van der Waals surface area contributed by atoms with Gasteiger partial charge in [-0.15, -0.1) is 0 Å². The lowest BCUT2D eigenvalue weighted by atomic mass is 10.1. The van der Waals surface area contributed by atoms with Crippen molar-refractivity contribution in [2.24, 2.45) is 0 Å². The van der Waals surface area contributed by atoms with Crippen molar-refractivity contribution in [3.63, 3.8) is 0 Å². The van der Waals surface area contributed by atoms with Gasteiger partial charge in [-0.1, -0.05) is 19.3 Å². The standard InChI is InChI=1S/C19H27NO4/c1-20(2)15-9-10-16-17(14-19(21)24-18(16)13-15)23-12-8-6-4-5-7-11-22-3/h9-10,13-14H,4-8,11-12H2,1-3H3. The molecule has 0 aliphatic rings. The van der Waals surface area contributed by atoms with Gasteiger partial charge in [0.1, 0.15) is 11.3 Å². The van der Waals surface area contributed by atoms with Crippen LogP contribution >= 0.6 is 0 Å². The highest BCUT2D eigenvalue weighted by atomic mass is 16.5. The topological polar surface area (TPSA) is 51.9 Å². The molecular formula is C19H27NO4. The third-order valence-electron chi connectivity index (χ3n) is 3.96. The summed E-state index contributed by atoms with van der Waals surface area (Å²) in [6.07, 6.45) is 5.56. The Morgan fingerprint density at radius 3 is 2.42 bits per heavy atom. The highest BCUT2D eigenvalue weighted by Gasteiger charge is 2.08. The normalized spacial score (nSPS) is 11.0. The first-order valence-electron chi connectivity index (χ1n) is 8.49. The van der Waals surface area contributed by atoms with E-state index in [4.69, 9.17) is 13.9 Å². The molecule has 0 amide bonds. The predicted octanol–water partition coefficient (Wildman–Crippen LogP) is 3.83. The Hall–Kier alpha value is -2.01. The molecule has 0 aliphatic heterocycles. The van der Waals surface area contributed by atoms with Crippen LogP contribution in [0.3, 0.4) is 0 Å². The summed E-state index contributed by atoms with van der Waals surface area (Å²) >= 11 is 0. The van der Waals surface area contributed by atoms with Crippen molar-refractivity contribution in [2.75, 3.05) is 39.3 Å². The van der Waals surface area contributed by atoms with E-state index in [2.05, 4.69) is 0 Å². The summed E-state index contributed by atoms with van der Waals surface area (Å²) in [5, 5.41) is 0.834. The van der Waals surface area contributed by atoms with Gasteiger partial charge >= 0.3 is 5.63 Å². The molecule has 1 aromatic heterocycles. The minimum absolute atomic E-state index is 0.382. The third kappa shape index (κ3) is 5.27. The Labute approximate surface area is 143 Å². The average Bonchev–Trinajstić information content (AvgIpc) is 2.56. The Kier molecular flexibility index (Phi) is 7.12. The number of fused-ring (bicyclic) bond motifs is 1. The van der Waals surface area contributed by atoms with E-state index in [0.29, 0.717) is 17.9 Å². The monoisotopic (exact) mass is 333 g/mol. The van der Waals surface area contributed by atoms with Crippen molar-refractivity contribution >= 4 is 16.7 Å². The second-order valence-electron chi connectivity index (χ2n) is 6.11. The Bertz CT molecular complexity index is 693. The van der Waals surface area contributed by atoms with Crippen LogP contribution in [0, 0.1) is 0 Å². The lowest BCUT2D eigenvalue weighted by Gasteiger charge is -2.13. The molecule has 2 rings (SSSR count). The highest BCUT2D eigenvalue weighted by Crippen LogP contribution is 2.27. The van der Waals surface area contributed by atoms with Crippen LogP contribution in [0.5, 0.6) is 5.75 Å². The van der Waals surface area contributed by atoms with Crippen molar-refractivity contribution in [1.82, 2.24) is 0 Å². The molecule has 24 heavy (non-hydrogen) atoms. The number of hydrogen-bond acceptors (Lipinski definition) is 5. The number of benzene rings is 1. The summed E-state index contributed by atoms with van der Waals surface area (Å²) in [5.74, 6) is 0.603. The molecular weight excluding hydrogens is 306 g/mol. The molecule has 0 fully saturated rings. The molecule has 5 heteroatoms. The van der Waals surface area contributed by atoms with Crippen LogP contribution in [-0.2, 0) is 4.74 Å². The third-order valence-corrected chi connectivity index (χ3v) is 3.96. The molecule has 0 radical (unpaired) electrons. The molecule has 0 spiro atoms. The quantitative estimate of drug-likeness (QED) is 0.488. The second-order valence-corrected chi connectivity index (χ2v) is 6.11. The van der Waals surface area contributed by atoms with E-state index in [1.165, 1.54) is 18.9 Å². The van der Waals surface area contributed by atoms with E-state index in [9.17, 15) is 4.79 Å². The van der Waals surface area contributed by atoms with Gasteiger partial charge in [0.15, 0.2) is 0 Å². The van der Waals surface area contributed by atoms with Crippen molar-refractivity contribution in [2.45, 2.75) is 32.1 Å². The van der Waals surface area contributed by atoms with Crippen LogP contribution < -0.4 is 15.3 Å². The molecule has 0 unspecified atom stereocenters. The fourth-order valence-corrected chi connectivity index (χ4v) is 2.58. The van der Waals surface area contributed by atoms with E-state index in [0.717, 1.165) is 36.9 Å². The van der Waals surface area contributed by atoms with Crippen LogP contribution in [0.4, 0.5) is 5.69 Å². The van der Waals surface area contributed by atoms with Crippen LogP contribution in [0.15, 0.2) is 33.5 Å². The summed E-state index contributed by atoms with van der Waals surface area (Å²) in [7, 11) is 5.63. The number of methoxy groups -OCH3 is 1. The molecule has 5 nitrogen and oxygen atoms in total. The second kappa shape index (κ2) is 9.33. The fraction of sp³-hybridized carbons (Fsp3) is 0.526. The Morgan fingerprint density at radius 2 is 1.71 bits per heavy atom. The molecule has 2 aromatic rings. The first-order valence-corrected chi connectivity index (χ1v) is 8.49. The van der Waals surface area contributed by atoms with E-state index < -0.39 is 0 Å². The van der Waals surface area contributed by atoms with Gasteiger partial charge in [0.25, 0.3) is 0 Å². The van der Waals surface area contributed by atoms with Gasteiger partial charge in [-0.2, -0.15) is 0 Å². The zero-order chi connectivity index (χ0) is 17.4. The largest absolute Gasteiger partial charge is 0.493 e. The van der Waals surface area contributed by atoms with E-state index in [1.54, 1.807) is 7.11 Å². The maximum absolute atomic E-state index is 11.7. The molecule has 1 aromatic carbocycles. The zero-order valence-corrected chi connectivity index (χ0v) is 14.8. The van der Waals surface area contributed by atoms with E-state index >= 15 is 0 Å². The van der Waals surface area contributed by atoms with Gasteiger partial charge < -0.3 is 18.8 Å². The number of nitrogens with zero attached hydrogens (tertiary/aromatic N) is 1. The van der Waals surface area contributed by atoms with Crippen LogP contribution in [0.2, 0.25) is 0 Å². The van der Waals surface area contributed by atoms with Crippen LogP contribution in [0.1, 0.15) is 32.1 Å². The Balaban J connectivity index is 1.93. The van der Waals surface area contributed by atoms with E-state index in [1.807, 2.05) is 37.2 Å². The van der Waals surface area contributed by atoms with Gasteiger partial charge in [0.2, 0.25) is 0 Å². The van der Waals surface area contributed by atoms with Crippen molar-refractivity contribution in [3.8, 4) is 5.75 Å². The first-order chi connectivity index (χ1) is 11.6. The minimum Gasteiger partial charge on any atom is -0.493 e. The Morgan fingerprint density at radius 1 is 1.00 bits per heavy atom. The fourth-order valence-electron chi connectivity index (χ4n) is 2.58. The number of hydrogen-bond donors (Lipinski definition) is 0. The molecule has 0 N–H and O–H groups in total. The minimum atomic E-state index is -0.382. The van der Waals surface area contributed by atoms with Gasteiger partial charge in [0.05, 0.1) is 18.1 Å². The maximum atomic E-state index is 11.7. The number of rotatable bonds is 10. The molecule has 0 saturated carbocycles. The van der Waals surface area contributed by atoms with Gasteiger partial charge in [0, 0.05) is 39.6 Å². The predicted molar refractivity (Wildman–Crippen MR) is 97.3 cm³/mol. The molecule has 1 heterocycles. The highest BCUT2D eigenvalue weighted by molar-refractivity contribution is 5.86. The molecule has 0 bridgehead atoms. The number of unbranched alkanes of at least 4 members (excludes halogenated alkanes) is 4. The summed E-state index contributed by atoms with van der Waals surface area (Å²) in [6, 6.07) is 7.22. The summed E-state index contributed by atoms with van der Waals surface area (Å²) in [4.78, 5) is 13.7. The van der Waals surface area contributed by atoms with Gasteiger partial charge in [-0.25, -0.2) is 4.79 Å². The smallest absolute Gasteiger partial charge is 0.339 e. The first kappa shape index (κ1) is 18.3. The summed E-state index contributed by atoms with van der Waals surface area (Å²) < 4.78 is 16.2. The molecule has 0 saturated heterocycles. The number of anilines is 1. The lowest BCUT2D eigenvalue weighted by molar-refractivity contribution is 0.191. The molecule has 132 valence electrons. The van der Waals surface area contributed by atoms with Crippen molar-refractivity contribution < 1.29 is 13.9 Å². The van der Waals surface area contributed by atoms with Crippen LogP contribution in [-0.4, -0.2) is 34.4 Å². The molecule has 0 atom stereocenters. The van der Waals surface area contributed by atoms with Gasteiger partial charge in [-0.05, 0) is 25.0 Å². The summed E-state index contributed by atoms with van der Waals surface area (Å²) in [5.41, 5.74) is 1.16. The number of ether oxygens (including phenoxy) is 2.